The number of aryl methyl sites for hydroxylation is 1. The molecule has 0 N–H and O–H groups in total. The zero-order chi connectivity index (χ0) is 14.5. The molecule has 1 aromatic carbocycles. The number of ether oxygens (including phenoxy) is 2. The molecule has 1 aromatic heterocycles. The molecule has 0 bridgehead atoms. The van der Waals surface area contributed by atoms with Crippen molar-refractivity contribution in [2.45, 2.75) is 25.8 Å². The molecule has 0 saturated heterocycles. The maximum absolute atomic E-state index is 6.03. The molecule has 2 rings (SSSR count). The maximum atomic E-state index is 6.03. The Balaban J connectivity index is 2.19. The van der Waals surface area contributed by atoms with Gasteiger partial charge in [0.25, 0.3) is 0 Å². The van der Waals surface area contributed by atoms with Gasteiger partial charge in [0.05, 0.1) is 13.0 Å². The first-order chi connectivity index (χ1) is 9.67. The van der Waals surface area contributed by atoms with Crippen molar-refractivity contribution in [3.63, 3.8) is 0 Å². The summed E-state index contributed by atoms with van der Waals surface area (Å²) in [7, 11) is 1.59. The Kier molecular flexibility index (Phi) is 5.58. The van der Waals surface area contributed by atoms with Crippen LogP contribution in [0.4, 0.5) is 0 Å². The van der Waals surface area contributed by atoms with Crippen molar-refractivity contribution in [2.24, 2.45) is 0 Å². The van der Waals surface area contributed by atoms with E-state index in [4.69, 9.17) is 32.7 Å². The van der Waals surface area contributed by atoms with Gasteiger partial charge in [-0.15, -0.1) is 22.9 Å². The second-order valence-electron chi connectivity index (χ2n) is 4.24. The van der Waals surface area contributed by atoms with Crippen LogP contribution >= 0.6 is 34.5 Å². The van der Waals surface area contributed by atoms with Crippen molar-refractivity contribution in [1.29, 1.82) is 0 Å². The molecular formula is C15H16Cl2O2S. The number of hydrogen-bond donors (Lipinski definition) is 0. The van der Waals surface area contributed by atoms with Gasteiger partial charge in [0, 0.05) is 26.4 Å². The predicted molar refractivity (Wildman–Crippen MR) is 85.6 cm³/mol. The Bertz CT molecular complexity index is 556. The van der Waals surface area contributed by atoms with E-state index in [9.17, 15) is 0 Å². The van der Waals surface area contributed by atoms with Crippen molar-refractivity contribution in [1.82, 2.24) is 0 Å². The van der Waals surface area contributed by atoms with Crippen molar-refractivity contribution < 1.29 is 9.47 Å². The highest BCUT2D eigenvalue weighted by atomic mass is 35.5. The van der Waals surface area contributed by atoms with Crippen LogP contribution in [0.15, 0.2) is 24.3 Å². The summed E-state index contributed by atoms with van der Waals surface area (Å²) < 4.78 is 11.2. The lowest BCUT2D eigenvalue weighted by molar-refractivity contribution is 0.285. The average Bonchev–Trinajstić information content (AvgIpc) is 2.92. The highest BCUT2D eigenvalue weighted by molar-refractivity contribution is 7.11. The fourth-order valence-corrected chi connectivity index (χ4v) is 3.17. The summed E-state index contributed by atoms with van der Waals surface area (Å²) in [4.78, 5) is 2.53. The van der Waals surface area contributed by atoms with Crippen LogP contribution < -0.4 is 9.47 Å². The van der Waals surface area contributed by atoms with Gasteiger partial charge < -0.3 is 9.47 Å². The van der Waals surface area contributed by atoms with Crippen LogP contribution in [-0.2, 0) is 18.9 Å². The van der Waals surface area contributed by atoms with Gasteiger partial charge >= 0.3 is 0 Å². The first-order valence-corrected chi connectivity index (χ1v) is 8.03. The minimum absolute atomic E-state index is 0.330. The molecule has 0 aliphatic rings. The van der Waals surface area contributed by atoms with Crippen LogP contribution in [0.25, 0.3) is 0 Å². The molecule has 0 aliphatic carbocycles. The van der Waals surface area contributed by atoms with Gasteiger partial charge in [0.15, 0.2) is 11.5 Å². The van der Waals surface area contributed by atoms with E-state index >= 15 is 0 Å². The zero-order valence-corrected chi connectivity index (χ0v) is 13.7. The number of thiophene rings is 1. The van der Waals surface area contributed by atoms with Gasteiger partial charge in [-0.25, -0.2) is 0 Å². The molecule has 2 nitrogen and oxygen atoms in total. The van der Waals surface area contributed by atoms with E-state index in [1.54, 1.807) is 30.6 Å². The number of benzene rings is 1. The molecule has 0 unspecified atom stereocenters. The van der Waals surface area contributed by atoms with Crippen molar-refractivity contribution >= 4 is 34.5 Å². The molecular weight excluding hydrogens is 315 g/mol. The van der Waals surface area contributed by atoms with E-state index in [0.29, 0.717) is 29.0 Å². The van der Waals surface area contributed by atoms with Crippen LogP contribution in [0, 0.1) is 0 Å². The number of alkyl halides is 1. The van der Waals surface area contributed by atoms with E-state index in [0.717, 1.165) is 12.0 Å². The standard InChI is InChI=1S/C15H16Cl2O2S/c1-3-12-4-5-13(20-12)9-19-15-10(8-16)6-11(17)7-14(15)18-2/h4-7H,3,8-9H2,1-2H3. The number of rotatable bonds is 6. The maximum Gasteiger partial charge on any atom is 0.166 e. The number of halogens is 2. The zero-order valence-electron chi connectivity index (χ0n) is 11.4. The third-order valence-corrected chi connectivity index (χ3v) is 4.59. The monoisotopic (exact) mass is 330 g/mol. The predicted octanol–water partition coefficient (Wildman–Crippen LogP) is 5.29. The summed E-state index contributed by atoms with van der Waals surface area (Å²) in [5.41, 5.74) is 0.836. The molecule has 0 aliphatic heterocycles. The second-order valence-corrected chi connectivity index (χ2v) is 6.20. The van der Waals surface area contributed by atoms with Crippen molar-refractivity contribution in [3.8, 4) is 11.5 Å². The first kappa shape index (κ1) is 15.5. The largest absolute Gasteiger partial charge is 0.493 e. The normalized spacial score (nSPS) is 10.6. The number of methoxy groups -OCH3 is 1. The number of hydrogen-bond acceptors (Lipinski definition) is 3. The SMILES string of the molecule is CCc1ccc(COc2c(CCl)cc(Cl)cc2OC)s1. The molecule has 20 heavy (non-hydrogen) atoms. The molecule has 2 aromatic rings. The quantitative estimate of drug-likeness (QED) is 0.670. The molecule has 1 heterocycles. The summed E-state index contributed by atoms with van der Waals surface area (Å²) in [5.74, 6) is 1.61. The summed E-state index contributed by atoms with van der Waals surface area (Å²) in [5, 5.41) is 0.592. The summed E-state index contributed by atoms with van der Waals surface area (Å²) in [6.07, 6.45) is 1.04. The average molecular weight is 331 g/mol. The molecule has 0 spiro atoms. The lowest BCUT2D eigenvalue weighted by Gasteiger charge is -2.14. The third kappa shape index (κ3) is 3.60. The van der Waals surface area contributed by atoms with Gasteiger partial charge in [-0.1, -0.05) is 18.5 Å². The Morgan fingerprint density at radius 2 is 1.95 bits per heavy atom. The minimum atomic E-state index is 0.330. The van der Waals surface area contributed by atoms with E-state index in [1.807, 2.05) is 0 Å². The molecule has 108 valence electrons. The molecule has 5 heteroatoms. The van der Waals surface area contributed by atoms with Crippen LogP contribution in [-0.4, -0.2) is 7.11 Å². The Morgan fingerprint density at radius 3 is 2.55 bits per heavy atom. The van der Waals surface area contributed by atoms with Gasteiger partial charge in [-0.2, -0.15) is 0 Å². The molecule has 0 saturated carbocycles. The van der Waals surface area contributed by atoms with E-state index in [2.05, 4.69) is 19.1 Å². The fraction of sp³-hybridized carbons (Fsp3) is 0.333. The van der Waals surface area contributed by atoms with Crippen molar-refractivity contribution in [2.75, 3.05) is 7.11 Å². The topological polar surface area (TPSA) is 18.5 Å². The highest BCUT2D eigenvalue weighted by Crippen LogP contribution is 2.36. The molecule has 0 radical (unpaired) electrons. The lowest BCUT2D eigenvalue weighted by atomic mass is 10.2. The molecule has 0 fully saturated rings. The summed E-state index contributed by atoms with van der Waals surface area (Å²) >= 11 is 13.7. The molecule has 0 amide bonds. The van der Waals surface area contributed by atoms with E-state index < -0.39 is 0 Å². The minimum Gasteiger partial charge on any atom is -0.493 e. The van der Waals surface area contributed by atoms with Crippen molar-refractivity contribution in [3.05, 3.63) is 44.6 Å². The van der Waals surface area contributed by atoms with Crippen LogP contribution in [0.2, 0.25) is 5.02 Å². The van der Waals surface area contributed by atoms with Gasteiger partial charge in [0.1, 0.15) is 6.61 Å². The Labute approximate surface area is 133 Å². The fourth-order valence-electron chi connectivity index (χ4n) is 1.87. The van der Waals surface area contributed by atoms with E-state index in [1.165, 1.54) is 9.75 Å². The van der Waals surface area contributed by atoms with Gasteiger partial charge in [0.2, 0.25) is 0 Å². The van der Waals surface area contributed by atoms with Crippen LogP contribution in [0.5, 0.6) is 11.5 Å². The lowest BCUT2D eigenvalue weighted by Crippen LogP contribution is -1.99. The summed E-state index contributed by atoms with van der Waals surface area (Å²) in [6.45, 7) is 2.65. The first-order valence-electron chi connectivity index (χ1n) is 6.30. The highest BCUT2D eigenvalue weighted by Gasteiger charge is 2.13. The third-order valence-electron chi connectivity index (χ3n) is 2.88. The molecule has 0 atom stereocenters. The second kappa shape index (κ2) is 7.21. The van der Waals surface area contributed by atoms with Gasteiger partial charge in [-0.3, -0.25) is 0 Å². The van der Waals surface area contributed by atoms with Gasteiger partial charge in [-0.05, 0) is 24.6 Å². The Hall–Kier alpha value is -0.900. The van der Waals surface area contributed by atoms with Crippen LogP contribution in [0.3, 0.4) is 0 Å². The van der Waals surface area contributed by atoms with Crippen LogP contribution in [0.1, 0.15) is 22.2 Å². The summed E-state index contributed by atoms with van der Waals surface area (Å²) in [6, 6.07) is 7.76. The smallest absolute Gasteiger partial charge is 0.166 e. The van der Waals surface area contributed by atoms with E-state index in [-0.39, 0.29) is 0 Å². The Morgan fingerprint density at radius 1 is 1.20 bits per heavy atom.